The quantitative estimate of drug-likeness (QED) is 0.846. The molecule has 0 aliphatic carbocycles. The summed E-state index contributed by atoms with van der Waals surface area (Å²) in [7, 11) is -3.79. The van der Waals surface area contributed by atoms with E-state index in [2.05, 4.69) is 4.72 Å². The first-order valence-corrected chi connectivity index (χ1v) is 8.22. The number of anilines is 2. The first-order chi connectivity index (χ1) is 9.70. The van der Waals surface area contributed by atoms with Crippen molar-refractivity contribution in [2.45, 2.75) is 25.7 Å². The van der Waals surface area contributed by atoms with Gasteiger partial charge in [0.25, 0.3) is 10.0 Å². The maximum atomic E-state index is 12.5. The molecule has 0 fully saturated rings. The van der Waals surface area contributed by atoms with Crippen LogP contribution in [0.2, 0.25) is 5.02 Å². The van der Waals surface area contributed by atoms with Gasteiger partial charge >= 0.3 is 0 Å². The Kier molecular flexibility index (Phi) is 4.16. The monoisotopic (exact) mass is 324 g/mol. The van der Waals surface area contributed by atoms with Crippen LogP contribution in [0.25, 0.3) is 0 Å². The van der Waals surface area contributed by atoms with Gasteiger partial charge in [0.1, 0.15) is 4.90 Å². The second-order valence-corrected chi connectivity index (χ2v) is 7.13. The van der Waals surface area contributed by atoms with Crippen LogP contribution in [-0.2, 0) is 10.0 Å². The number of rotatable bonds is 3. The predicted molar refractivity (Wildman–Crippen MR) is 87.3 cm³/mol. The molecule has 21 heavy (non-hydrogen) atoms. The molecule has 4 nitrogen and oxygen atoms in total. The Morgan fingerprint density at radius 3 is 2.19 bits per heavy atom. The van der Waals surface area contributed by atoms with Crippen LogP contribution >= 0.6 is 11.6 Å². The van der Waals surface area contributed by atoms with Gasteiger partial charge in [0.15, 0.2) is 0 Å². The summed E-state index contributed by atoms with van der Waals surface area (Å²) in [6.07, 6.45) is 0. The Morgan fingerprint density at radius 2 is 1.62 bits per heavy atom. The molecule has 0 unspecified atom stereocenters. The number of nitrogens with two attached hydrogens (primary N) is 1. The first-order valence-electron chi connectivity index (χ1n) is 6.36. The van der Waals surface area contributed by atoms with E-state index in [1.54, 1.807) is 6.07 Å². The van der Waals surface area contributed by atoms with Crippen LogP contribution < -0.4 is 10.5 Å². The van der Waals surface area contributed by atoms with Gasteiger partial charge in [-0.2, -0.15) is 0 Å². The van der Waals surface area contributed by atoms with E-state index in [0.29, 0.717) is 11.4 Å². The van der Waals surface area contributed by atoms with Crippen molar-refractivity contribution < 1.29 is 8.42 Å². The summed E-state index contributed by atoms with van der Waals surface area (Å²) >= 11 is 5.98. The lowest BCUT2D eigenvalue weighted by Crippen LogP contribution is -2.15. The van der Waals surface area contributed by atoms with Gasteiger partial charge in [0.2, 0.25) is 0 Å². The molecule has 0 saturated heterocycles. The summed E-state index contributed by atoms with van der Waals surface area (Å²) in [5, 5.41) is 0.138. The van der Waals surface area contributed by atoms with Crippen molar-refractivity contribution in [2.75, 3.05) is 10.5 Å². The lowest BCUT2D eigenvalue weighted by atomic mass is 10.1. The van der Waals surface area contributed by atoms with Gasteiger partial charge < -0.3 is 5.73 Å². The zero-order chi connectivity index (χ0) is 15.8. The third-order valence-electron chi connectivity index (χ3n) is 3.16. The van der Waals surface area contributed by atoms with Crippen LogP contribution in [0, 0.1) is 20.8 Å². The van der Waals surface area contributed by atoms with Crippen LogP contribution in [0.3, 0.4) is 0 Å². The van der Waals surface area contributed by atoms with Gasteiger partial charge in [-0.1, -0.05) is 29.3 Å². The molecule has 0 aromatic heterocycles. The Bertz CT molecular complexity index is 778. The number of hydrogen-bond donors (Lipinski definition) is 2. The van der Waals surface area contributed by atoms with Crippen molar-refractivity contribution in [1.82, 2.24) is 0 Å². The van der Waals surface area contributed by atoms with Gasteiger partial charge in [0.05, 0.1) is 10.7 Å². The number of sulfonamides is 1. The minimum absolute atomic E-state index is 0.0245. The number of aryl methyl sites for hydroxylation is 3. The van der Waals surface area contributed by atoms with E-state index in [1.165, 1.54) is 12.1 Å². The van der Waals surface area contributed by atoms with Gasteiger partial charge in [-0.3, -0.25) is 4.72 Å². The molecular weight excluding hydrogens is 308 g/mol. The highest BCUT2D eigenvalue weighted by molar-refractivity contribution is 7.92. The lowest BCUT2D eigenvalue weighted by molar-refractivity contribution is 0.601. The molecule has 0 amide bonds. The van der Waals surface area contributed by atoms with Gasteiger partial charge in [-0.15, -0.1) is 0 Å². The fourth-order valence-electron chi connectivity index (χ4n) is 2.26. The molecule has 0 spiro atoms. The second kappa shape index (κ2) is 5.58. The standard InChI is InChI=1S/C15H17ClN2O2S/c1-9-6-10(2)15(11(3)7-9)18-21(19,20)14-8-12(17)4-5-13(14)16/h4-8,18H,17H2,1-3H3. The minimum atomic E-state index is -3.79. The highest BCUT2D eigenvalue weighted by Gasteiger charge is 2.20. The van der Waals surface area contributed by atoms with Gasteiger partial charge in [-0.05, 0) is 50.1 Å². The fourth-order valence-corrected chi connectivity index (χ4v) is 4.00. The average molecular weight is 325 g/mol. The topological polar surface area (TPSA) is 72.2 Å². The summed E-state index contributed by atoms with van der Waals surface area (Å²) < 4.78 is 27.6. The van der Waals surface area contributed by atoms with Crippen LogP contribution in [0.15, 0.2) is 35.2 Å². The van der Waals surface area contributed by atoms with Gasteiger partial charge in [0, 0.05) is 5.69 Å². The average Bonchev–Trinajstić information content (AvgIpc) is 2.36. The summed E-state index contributed by atoms with van der Waals surface area (Å²) in [5.74, 6) is 0. The normalized spacial score (nSPS) is 11.4. The molecule has 0 saturated carbocycles. The number of nitrogens with one attached hydrogen (secondary N) is 1. The van der Waals surface area contributed by atoms with E-state index in [1.807, 2.05) is 32.9 Å². The molecular formula is C15H17ClN2O2S. The molecule has 3 N–H and O–H groups in total. The summed E-state index contributed by atoms with van der Waals surface area (Å²) in [4.78, 5) is -0.0245. The zero-order valence-corrected chi connectivity index (χ0v) is 13.6. The number of hydrogen-bond acceptors (Lipinski definition) is 3. The Hall–Kier alpha value is -1.72. The predicted octanol–water partition coefficient (Wildman–Crippen LogP) is 3.65. The van der Waals surface area contributed by atoms with Crippen LogP contribution in [0.5, 0.6) is 0 Å². The molecule has 0 heterocycles. The molecule has 0 aliphatic rings. The zero-order valence-electron chi connectivity index (χ0n) is 12.1. The molecule has 2 rings (SSSR count). The molecule has 0 atom stereocenters. The van der Waals surface area contributed by atoms with E-state index in [4.69, 9.17) is 17.3 Å². The summed E-state index contributed by atoms with van der Waals surface area (Å²) in [6.45, 7) is 5.69. The van der Waals surface area contributed by atoms with Crippen molar-refractivity contribution >= 4 is 33.0 Å². The van der Waals surface area contributed by atoms with Crippen molar-refractivity contribution in [3.05, 3.63) is 52.0 Å². The van der Waals surface area contributed by atoms with E-state index < -0.39 is 10.0 Å². The van der Waals surface area contributed by atoms with Crippen LogP contribution in [-0.4, -0.2) is 8.42 Å². The summed E-state index contributed by atoms with van der Waals surface area (Å²) in [5.41, 5.74) is 9.35. The van der Waals surface area contributed by atoms with Crippen LogP contribution in [0.1, 0.15) is 16.7 Å². The fraction of sp³-hybridized carbons (Fsp3) is 0.200. The highest BCUT2D eigenvalue weighted by atomic mass is 35.5. The van der Waals surface area contributed by atoms with E-state index in [-0.39, 0.29) is 9.92 Å². The molecule has 112 valence electrons. The first kappa shape index (κ1) is 15.7. The molecule has 6 heteroatoms. The van der Waals surface area contributed by atoms with E-state index in [0.717, 1.165) is 16.7 Å². The molecule has 2 aromatic carbocycles. The number of benzene rings is 2. The van der Waals surface area contributed by atoms with Crippen molar-refractivity contribution in [3.8, 4) is 0 Å². The lowest BCUT2D eigenvalue weighted by Gasteiger charge is -2.15. The third-order valence-corrected chi connectivity index (χ3v) is 4.99. The maximum absolute atomic E-state index is 12.5. The Morgan fingerprint density at radius 1 is 1.05 bits per heavy atom. The highest BCUT2D eigenvalue weighted by Crippen LogP contribution is 2.29. The third kappa shape index (κ3) is 3.31. The minimum Gasteiger partial charge on any atom is -0.399 e. The van der Waals surface area contributed by atoms with E-state index in [9.17, 15) is 8.42 Å². The Labute approximate surface area is 130 Å². The number of halogens is 1. The molecule has 0 radical (unpaired) electrons. The SMILES string of the molecule is Cc1cc(C)c(NS(=O)(=O)c2cc(N)ccc2Cl)c(C)c1. The van der Waals surface area contributed by atoms with Crippen molar-refractivity contribution in [1.29, 1.82) is 0 Å². The Balaban J connectivity index is 2.50. The smallest absolute Gasteiger partial charge is 0.263 e. The van der Waals surface area contributed by atoms with Crippen molar-refractivity contribution in [2.24, 2.45) is 0 Å². The number of nitrogen functional groups attached to an aromatic ring is 1. The molecule has 0 aliphatic heterocycles. The van der Waals surface area contributed by atoms with Crippen LogP contribution in [0.4, 0.5) is 11.4 Å². The largest absolute Gasteiger partial charge is 0.399 e. The van der Waals surface area contributed by atoms with Gasteiger partial charge in [-0.25, -0.2) is 8.42 Å². The summed E-state index contributed by atoms with van der Waals surface area (Å²) in [6, 6.07) is 8.23. The van der Waals surface area contributed by atoms with Crippen molar-refractivity contribution in [3.63, 3.8) is 0 Å². The molecule has 0 bridgehead atoms. The maximum Gasteiger partial charge on any atom is 0.263 e. The van der Waals surface area contributed by atoms with E-state index >= 15 is 0 Å². The second-order valence-electron chi connectivity index (χ2n) is 5.07. The molecule has 2 aromatic rings.